The Hall–Kier alpha value is -3.13. The Kier molecular flexibility index (Phi) is 4.41. The molecule has 3 aromatic heterocycles. The standard InChI is InChI=1S/C19H16BrN7/c1-27(2)19-22-8-12(9-23-19)15-7-14(11-4-3-5-13(20)6-11)16-17(21)24-10-25-18(16)26-15/h3-10H,1-2H3,(H2,21,24,25,26). The zero-order valence-electron chi connectivity index (χ0n) is 14.8. The van der Waals surface area contributed by atoms with Gasteiger partial charge in [0.15, 0.2) is 5.65 Å². The molecule has 0 radical (unpaired) electrons. The molecular formula is C19H16BrN7. The lowest BCUT2D eigenvalue weighted by Gasteiger charge is -2.12. The number of nitrogens with zero attached hydrogens (tertiary/aromatic N) is 6. The smallest absolute Gasteiger partial charge is 0.224 e. The zero-order chi connectivity index (χ0) is 19.0. The first-order valence-corrected chi connectivity index (χ1v) is 8.99. The van der Waals surface area contributed by atoms with Crippen LogP contribution in [0.25, 0.3) is 33.4 Å². The number of benzene rings is 1. The van der Waals surface area contributed by atoms with Gasteiger partial charge < -0.3 is 10.6 Å². The predicted octanol–water partition coefficient (Wildman–Crippen LogP) is 3.56. The number of aromatic nitrogens is 5. The van der Waals surface area contributed by atoms with Gasteiger partial charge in [0.1, 0.15) is 12.1 Å². The first-order valence-electron chi connectivity index (χ1n) is 8.20. The minimum Gasteiger partial charge on any atom is -0.383 e. The molecule has 0 aliphatic carbocycles. The Morgan fingerprint density at radius 1 is 0.963 bits per heavy atom. The van der Waals surface area contributed by atoms with Gasteiger partial charge in [0.25, 0.3) is 0 Å². The average molecular weight is 422 g/mol. The van der Waals surface area contributed by atoms with Gasteiger partial charge in [-0.3, -0.25) is 0 Å². The van der Waals surface area contributed by atoms with Crippen LogP contribution in [0.3, 0.4) is 0 Å². The van der Waals surface area contributed by atoms with Crippen LogP contribution in [0.4, 0.5) is 11.8 Å². The number of rotatable bonds is 3. The second-order valence-corrected chi connectivity index (χ2v) is 7.10. The number of nitrogen functional groups attached to an aromatic ring is 1. The van der Waals surface area contributed by atoms with Crippen LogP contribution in [-0.4, -0.2) is 39.0 Å². The highest BCUT2D eigenvalue weighted by Crippen LogP contribution is 2.34. The van der Waals surface area contributed by atoms with Crippen molar-refractivity contribution in [1.29, 1.82) is 0 Å². The highest BCUT2D eigenvalue weighted by molar-refractivity contribution is 9.10. The molecule has 4 aromatic rings. The summed E-state index contributed by atoms with van der Waals surface area (Å²) in [5, 5.41) is 0.727. The molecule has 134 valence electrons. The molecule has 0 unspecified atom stereocenters. The Labute approximate surface area is 164 Å². The van der Waals surface area contributed by atoms with Gasteiger partial charge in [-0.2, -0.15) is 0 Å². The van der Waals surface area contributed by atoms with Crippen molar-refractivity contribution in [2.45, 2.75) is 0 Å². The second-order valence-electron chi connectivity index (χ2n) is 6.19. The van der Waals surface area contributed by atoms with E-state index in [4.69, 9.17) is 5.73 Å². The fraction of sp³-hybridized carbons (Fsp3) is 0.105. The van der Waals surface area contributed by atoms with Crippen molar-refractivity contribution < 1.29 is 0 Å². The van der Waals surface area contributed by atoms with Crippen LogP contribution >= 0.6 is 15.9 Å². The molecule has 0 spiro atoms. The summed E-state index contributed by atoms with van der Waals surface area (Å²) in [6.45, 7) is 0. The lowest BCUT2D eigenvalue weighted by atomic mass is 10.0. The lowest BCUT2D eigenvalue weighted by Crippen LogP contribution is -2.12. The van der Waals surface area contributed by atoms with E-state index in [1.807, 2.05) is 49.3 Å². The van der Waals surface area contributed by atoms with E-state index in [0.29, 0.717) is 17.4 Å². The van der Waals surface area contributed by atoms with Crippen molar-refractivity contribution >= 4 is 38.7 Å². The van der Waals surface area contributed by atoms with E-state index in [9.17, 15) is 0 Å². The Morgan fingerprint density at radius 3 is 2.44 bits per heavy atom. The quantitative estimate of drug-likeness (QED) is 0.540. The van der Waals surface area contributed by atoms with Gasteiger partial charge in [-0.25, -0.2) is 24.9 Å². The molecule has 8 heteroatoms. The minimum atomic E-state index is 0.397. The van der Waals surface area contributed by atoms with E-state index >= 15 is 0 Å². The number of hydrogen-bond donors (Lipinski definition) is 1. The van der Waals surface area contributed by atoms with Gasteiger partial charge in [0.05, 0.1) is 11.1 Å². The third-order valence-electron chi connectivity index (χ3n) is 4.10. The van der Waals surface area contributed by atoms with Gasteiger partial charge in [-0.15, -0.1) is 0 Å². The second kappa shape index (κ2) is 6.88. The number of anilines is 2. The normalized spacial score (nSPS) is 10.9. The average Bonchev–Trinajstić information content (AvgIpc) is 2.67. The molecule has 0 aliphatic heterocycles. The van der Waals surface area contributed by atoms with Crippen molar-refractivity contribution in [2.75, 3.05) is 24.7 Å². The Balaban J connectivity index is 1.95. The summed E-state index contributed by atoms with van der Waals surface area (Å²) in [4.78, 5) is 23.7. The van der Waals surface area contributed by atoms with Crippen LogP contribution in [0, 0.1) is 0 Å². The van der Waals surface area contributed by atoms with E-state index in [2.05, 4.69) is 40.8 Å². The first kappa shape index (κ1) is 17.3. The van der Waals surface area contributed by atoms with E-state index in [-0.39, 0.29) is 0 Å². The summed E-state index contributed by atoms with van der Waals surface area (Å²) < 4.78 is 0.973. The van der Waals surface area contributed by atoms with Crippen LogP contribution in [0.2, 0.25) is 0 Å². The monoisotopic (exact) mass is 421 g/mol. The molecule has 0 bridgehead atoms. The van der Waals surface area contributed by atoms with Gasteiger partial charge in [-0.05, 0) is 29.3 Å². The molecule has 0 amide bonds. The van der Waals surface area contributed by atoms with Gasteiger partial charge in [0.2, 0.25) is 5.95 Å². The number of hydrogen-bond acceptors (Lipinski definition) is 7. The molecule has 27 heavy (non-hydrogen) atoms. The zero-order valence-corrected chi connectivity index (χ0v) is 16.3. The molecule has 3 heterocycles. The summed E-state index contributed by atoms with van der Waals surface area (Å²) in [7, 11) is 3.79. The first-order chi connectivity index (χ1) is 13.0. The van der Waals surface area contributed by atoms with E-state index in [1.165, 1.54) is 6.33 Å². The fourth-order valence-corrected chi connectivity index (χ4v) is 3.20. The lowest BCUT2D eigenvalue weighted by molar-refractivity contribution is 0.999. The number of pyridine rings is 1. The molecule has 0 saturated heterocycles. The van der Waals surface area contributed by atoms with Crippen molar-refractivity contribution in [3.05, 3.63) is 53.5 Å². The third kappa shape index (κ3) is 3.31. The van der Waals surface area contributed by atoms with E-state index in [0.717, 1.165) is 32.2 Å². The third-order valence-corrected chi connectivity index (χ3v) is 4.60. The Morgan fingerprint density at radius 2 is 1.74 bits per heavy atom. The van der Waals surface area contributed by atoms with Crippen LogP contribution in [0.1, 0.15) is 0 Å². The number of fused-ring (bicyclic) bond motifs is 1. The van der Waals surface area contributed by atoms with Crippen LogP contribution in [0.15, 0.2) is 53.5 Å². The van der Waals surface area contributed by atoms with Crippen LogP contribution in [-0.2, 0) is 0 Å². The summed E-state index contributed by atoms with van der Waals surface area (Å²) in [5.41, 5.74) is 10.1. The van der Waals surface area contributed by atoms with Crippen LogP contribution in [0.5, 0.6) is 0 Å². The molecular weight excluding hydrogens is 406 g/mol. The van der Waals surface area contributed by atoms with E-state index < -0.39 is 0 Å². The largest absolute Gasteiger partial charge is 0.383 e. The summed E-state index contributed by atoms with van der Waals surface area (Å²) >= 11 is 3.52. The molecule has 2 N–H and O–H groups in total. The maximum atomic E-state index is 6.14. The van der Waals surface area contributed by atoms with Crippen molar-refractivity contribution in [2.24, 2.45) is 0 Å². The van der Waals surface area contributed by atoms with Crippen molar-refractivity contribution in [3.63, 3.8) is 0 Å². The van der Waals surface area contributed by atoms with Gasteiger partial charge in [-0.1, -0.05) is 28.1 Å². The maximum absolute atomic E-state index is 6.14. The summed E-state index contributed by atoms with van der Waals surface area (Å²) in [6, 6.07) is 9.96. The SMILES string of the molecule is CN(C)c1ncc(-c2cc(-c3cccc(Br)c3)c3c(N)ncnc3n2)cn1. The molecule has 7 nitrogen and oxygen atoms in total. The molecule has 0 atom stereocenters. The number of halogens is 1. The molecule has 0 aliphatic rings. The van der Waals surface area contributed by atoms with Crippen molar-refractivity contribution in [3.8, 4) is 22.4 Å². The molecule has 0 fully saturated rings. The van der Waals surface area contributed by atoms with Gasteiger partial charge in [0, 0.05) is 36.5 Å². The topological polar surface area (TPSA) is 93.7 Å². The fourth-order valence-electron chi connectivity index (χ4n) is 2.80. The highest BCUT2D eigenvalue weighted by Gasteiger charge is 2.14. The number of nitrogens with two attached hydrogens (primary N) is 1. The van der Waals surface area contributed by atoms with E-state index in [1.54, 1.807) is 12.4 Å². The molecule has 1 aromatic carbocycles. The molecule has 0 saturated carbocycles. The maximum Gasteiger partial charge on any atom is 0.224 e. The minimum absolute atomic E-state index is 0.397. The molecule has 4 rings (SSSR count). The van der Waals surface area contributed by atoms with Gasteiger partial charge >= 0.3 is 0 Å². The van der Waals surface area contributed by atoms with Crippen LogP contribution < -0.4 is 10.6 Å². The summed E-state index contributed by atoms with van der Waals surface area (Å²) in [5.74, 6) is 1.03. The summed E-state index contributed by atoms with van der Waals surface area (Å²) in [6.07, 6.45) is 4.93. The Bertz CT molecular complexity index is 1130. The predicted molar refractivity (Wildman–Crippen MR) is 110 cm³/mol. The van der Waals surface area contributed by atoms with Crippen molar-refractivity contribution in [1.82, 2.24) is 24.9 Å². The highest BCUT2D eigenvalue weighted by atomic mass is 79.9.